The van der Waals surface area contributed by atoms with Crippen LogP contribution in [0.15, 0.2) is 53.3 Å². The first-order valence-corrected chi connectivity index (χ1v) is 10.9. The predicted octanol–water partition coefficient (Wildman–Crippen LogP) is 4.66. The third-order valence-corrected chi connectivity index (χ3v) is 5.84. The molecule has 0 spiro atoms. The van der Waals surface area contributed by atoms with Gasteiger partial charge in [-0.1, -0.05) is 22.4 Å². The monoisotopic (exact) mass is 452 g/mol. The zero-order valence-electron chi connectivity index (χ0n) is 16.6. The number of nitrogens with one attached hydrogen (secondary N) is 1. The van der Waals surface area contributed by atoms with E-state index in [0.717, 1.165) is 46.3 Å². The molecule has 1 saturated heterocycles. The normalized spacial score (nSPS) is 15.9. The van der Waals surface area contributed by atoms with Crippen LogP contribution in [0.3, 0.4) is 0 Å². The maximum atomic E-state index is 13.2. The van der Waals surface area contributed by atoms with Crippen LogP contribution in [0.2, 0.25) is 0 Å². The number of fused-ring (bicyclic) bond motifs is 1. The van der Waals surface area contributed by atoms with Gasteiger partial charge in [-0.3, -0.25) is 9.78 Å². The molecule has 1 atom stereocenters. The summed E-state index contributed by atoms with van der Waals surface area (Å²) in [6.07, 6.45) is 7.29. The lowest BCUT2D eigenvalue weighted by molar-refractivity contribution is 0.0927. The highest BCUT2D eigenvalue weighted by atomic mass is 79.9. The van der Waals surface area contributed by atoms with Crippen LogP contribution in [0.1, 0.15) is 36.5 Å². The van der Waals surface area contributed by atoms with Crippen molar-refractivity contribution in [2.24, 2.45) is 0 Å². The fraction of sp³-hybridized carbons (Fsp3) is 0.348. The Morgan fingerprint density at radius 3 is 2.66 bits per heavy atom. The predicted molar refractivity (Wildman–Crippen MR) is 120 cm³/mol. The third kappa shape index (κ3) is 4.82. The summed E-state index contributed by atoms with van der Waals surface area (Å²) in [4.78, 5) is 24.5. The van der Waals surface area contributed by atoms with Crippen molar-refractivity contribution in [2.45, 2.75) is 32.2 Å². The van der Waals surface area contributed by atoms with Gasteiger partial charge in [-0.15, -0.1) is 0 Å². The summed E-state index contributed by atoms with van der Waals surface area (Å²) >= 11 is 3.52. The van der Waals surface area contributed by atoms with Gasteiger partial charge in [-0.05, 0) is 69.3 Å². The molecule has 1 aromatic carbocycles. The van der Waals surface area contributed by atoms with E-state index in [9.17, 15) is 4.79 Å². The Bertz CT molecular complexity index is 1000. The molecule has 6 heteroatoms. The van der Waals surface area contributed by atoms with Crippen LogP contribution >= 0.6 is 15.9 Å². The molecule has 0 radical (unpaired) electrons. The molecule has 0 bridgehead atoms. The van der Waals surface area contributed by atoms with Crippen LogP contribution in [0, 0.1) is 0 Å². The largest absolute Gasteiger partial charge is 0.348 e. The Hall–Kier alpha value is -2.31. The number of benzene rings is 1. The highest BCUT2D eigenvalue weighted by Crippen LogP contribution is 2.27. The summed E-state index contributed by atoms with van der Waals surface area (Å²) in [5.41, 5.74) is 3.17. The number of piperidine rings is 1. The Labute approximate surface area is 179 Å². The number of carbonyl (C=O) groups is 1. The summed E-state index contributed by atoms with van der Waals surface area (Å²) in [6, 6.07) is 11.6. The van der Waals surface area contributed by atoms with Gasteiger partial charge in [-0.2, -0.15) is 0 Å². The maximum Gasteiger partial charge on any atom is 0.252 e. The minimum atomic E-state index is -0.0599. The number of likely N-dealkylation sites (tertiary alicyclic amines) is 1. The molecule has 1 fully saturated rings. The summed E-state index contributed by atoms with van der Waals surface area (Å²) in [5, 5.41) is 4.04. The zero-order chi connectivity index (χ0) is 20.2. The fourth-order valence-corrected chi connectivity index (χ4v) is 4.29. The molecule has 1 amide bonds. The number of pyridine rings is 2. The molecule has 1 aliphatic rings. The Morgan fingerprint density at radius 2 is 1.90 bits per heavy atom. The van der Waals surface area contributed by atoms with Gasteiger partial charge in [0.1, 0.15) is 0 Å². The van der Waals surface area contributed by atoms with Crippen LogP contribution in [-0.2, 0) is 0 Å². The minimum absolute atomic E-state index is 0.0599. The van der Waals surface area contributed by atoms with Crippen molar-refractivity contribution in [2.75, 3.05) is 19.6 Å². The van der Waals surface area contributed by atoms with Gasteiger partial charge in [0, 0.05) is 40.4 Å². The summed E-state index contributed by atoms with van der Waals surface area (Å²) in [7, 11) is 0. The van der Waals surface area contributed by atoms with E-state index in [4.69, 9.17) is 4.98 Å². The van der Waals surface area contributed by atoms with E-state index in [1.165, 1.54) is 19.3 Å². The zero-order valence-corrected chi connectivity index (χ0v) is 18.2. The Balaban J connectivity index is 1.63. The van der Waals surface area contributed by atoms with E-state index < -0.39 is 0 Å². The molecule has 1 N–H and O–H groups in total. The van der Waals surface area contributed by atoms with E-state index >= 15 is 0 Å². The van der Waals surface area contributed by atoms with Gasteiger partial charge in [0.05, 0.1) is 16.8 Å². The van der Waals surface area contributed by atoms with E-state index in [2.05, 4.69) is 38.1 Å². The number of hydrogen-bond acceptors (Lipinski definition) is 4. The summed E-state index contributed by atoms with van der Waals surface area (Å²) < 4.78 is 0.930. The first-order chi connectivity index (χ1) is 14.1. The average molecular weight is 453 g/mol. The standard InChI is InChI=1S/C23H25BrN4O/c1-16(15-28-11-3-2-4-12-28)26-23(29)20-14-22(17-7-9-25-10-8-17)27-21-6-5-18(24)13-19(20)21/h5-10,13-14,16H,2-4,11-12,15H2,1H3,(H,26,29)/t16-/m0/s1. The van der Waals surface area contributed by atoms with Crippen molar-refractivity contribution < 1.29 is 4.79 Å². The number of aromatic nitrogens is 2. The van der Waals surface area contributed by atoms with Gasteiger partial charge in [-0.25, -0.2) is 4.98 Å². The van der Waals surface area contributed by atoms with Crippen molar-refractivity contribution in [3.8, 4) is 11.3 Å². The molecule has 1 aliphatic heterocycles. The van der Waals surface area contributed by atoms with Gasteiger partial charge in [0.25, 0.3) is 5.91 Å². The number of amides is 1. The highest BCUT2D eigenvalue weighted by Gasteiger charge is 2.18. The molecule has 5 nitrogen and oxygen atoms in total. The number of hydrogen-bond donors (Lipinski definition) is 1. The van der Waals surface area contributed by atoms with Crippen molar-refractivity contribution in [1.82, 2.24) is 20.2 Å². The van der Waals surface area contributed by atoms with E-state index in [-0.39, 0.29) is 11.9 Å². The Morgan fingerprint density at radius 1 is 1.14 bits per heavy atom. The second kappa shape index (κ2) is 9.01. The van der Waals surface area contributed by atoms with Gasteiger partial charge >= 0.3 is 0 Å². The molecule has 0 aliphatic carbocycles. The Kier molecular flexibility index (Phi) is 6.21. The van der Waals surface area contributed by atoms with Crippen LogP contribution in [-0.4, -0.2) is 46.5 Å². The summed E-state index contributed by atoms with van der Waals surface area (Å²) in [6.45, 7) is 5.21. The number of rotatable bonds is 5. The highest BCUT2D eigenvalue weighted by molar-refractivity contribution is 9.10. The lowest BCUT2D eigenvalue weighted by Crippen LogP contribution is -2.43. The molecule has 150 valence electrons. The van der Waals surface area contributed by atoms with Crippen LogP contribution in [0.5, 0.6) is 0 Å². The molecular formula is C23H25BrN4O. The van der Waals surface area contributed by atoms with Gasteiger partial charge in [0.15, 0.2) is 0 Å². The number of halogens is 1. The fourth-order valence-electron chi connectivity index (χ4n) is 3.93. The SMILES string of the molecule is C[C@@H](CN1CCCCC1)NC(=O)c1cc(-c2ccncc2)nc2ccc(Br)cc12. The van der Waals surface area contributed by atoms with Crippen LogP contribution in [0.4, 0.5) is 0 Å². The maximum absolute atomic E-state index is 13.2. The quantitative estimate of drug-likeness (QED) is 0.611. The smallest absolute Gasteiger partial charge is 0.252 e. The topological polar surface area (TPSA) is 58.1 Å². The van der Waals surface area contributed by atoms with E-state index in [1.807, 2.05) is 36.4 Å². The van der Waals surface area contributed by atoms with Gasteiger partial charge < -0.3 is 10.2 Å². The first kappa shape index (κ1) is 20.0. The lowest BCUT2D eigenvalue weighted by Gasteiger charge is -2.29. The molecule has 4 rings (SSSR count). The lowest BCUT2D eigenvalue weighted by atomic mass is 10.0. The summed E-state index contributed by atoms with van der Waals surface area (Å²) in [5.74, 6) is -0.0599. The molecular weight excluding hydrogens is 428 g/mol. The van der Waals surface area contributed by atoms with Gasteiger partial charge in [0.2, 0.25) is 0 Å². The molecule has 3 aromatic rings. The van der Waals surface area contributed by atoms with Crippen molar-refractivity contribution >= 4 is 32.7 Å². The van der Waals surface area contributed by atoms with Crippen molar-refractivity contribution in [3.05, 3.63) is 58.8 Å². The molecule has 2 aromatic heterocycles. The molecule has 29 heavy (non-hydrogen) atoms. The first-order valence-electron chi connectivity index (χ1n) is 10.1. The van der Waals surface area contributed by atoms with Crippen LogP contribution in [0.25, 0.3) is 22.2 Å². The van der Waals surface area contributed by atoms with Crippen molar-refractivity contribution in [3.63, 3.8) is 0 Å². The number of carbonyl (C=O) groups excluding carboxylic acids is 1. The molecule has 0 saturated carbocycles. The second-order valence-electron chi connectivity index (χ2n) is 7.69. The minimum Gasteiger partial charge on any atom is -0.348 e. The average Bonchev–Trinajstić information content (AvgIpc) is 2.74. The van der Waals surface area contributed by atoms with E-state index in [0.29, 0.717) is 5.56 Å². The molecule has 0 unspecified atom stereocenters. The molecule has 3 heterocycles. The van der Waals surface area contributed by atoms with E-state index in [1.54, 1.807) is 12.4 Å². The third-order valence-electron chi connectivity index (χ3n) is 5.35. The second-order valence-corrected chi connectivity index (χ2v) is 8.60. The van der Waals surface area contributed by atoms with Crippen LogP contribution < -0.4 is 5.32 Å². The number of nitrogens with zero attached hydrogens (tertiary/aromatic N) is 3. The van der Waals surface area contributed by atoms with Crippen molar-refractivity contribution in [1.29, 1.82) is 0 Å².